The van der Waals surface area contributed by atoms with Gasteiger partial charge in [0.2, 0.25) is 5.91 Å². The Labute approximate surface area is 152 Å². The zero-order chi connectivity index (χ0) is 18.9. The molecule has 0 heterocycles. The molecule has 2 amide bonds. The van der Waals surface area contributed by atoms with E-state index < -0.39 is 6.09 Å². The van der Waals surface area contributed by atoms with E-state index in [1.807, 2.05) is 13.0 Å². The molecule has 0 saturated carbocycles. The number of carbonyl (C=O) groups excluding carboxylic acids is 2. The quantitative estimate of drug-likeness (QED) is 0.739. The summed E-state index contributed by atoms with van der Waals surface area (Å²) in [5, 5.41) is 5.31. The first-order valence-electron chi connectivity index (χ1n) is 8.07. The van der Waals surface area contributed by atoms with Crippen molar-refractivity contribution in [2.24, 2.45) is 0 Å². The van der Waals surface area contributed by atoms with Crippen LogP contribution in [-0.4, -0.2) is 32.3 Å². The first-order chi connectivity index (χ1) is 12.5. The van der Waals surface area contributed by atoms with Crippen molar-refractivity contribution < 1.29 is 23.8 Å². The maximum Gasteiger partial charge on any atom is 0.411 e. The lowest BCUT2D eigenvalue weighted by Gasteiger charge is -2.12. The van der Waals surface area contributed by atoms with E-state index in [2.05, 4.69) is 10.6 Å². The van der Waals surface area contributed by atoms with Crippen molar-refractivity contribution in [1.82, 2.24) is 0 Å². The summed E-state index contributed by atoms with van der Waals surface area (Å²) in [4.78, 5) is 22.8. The number of methoxy groups -OCH3 is 1. The number of aryl methyl sites for hydroxylation is 1. The molecule has 0 radical (unpaired) electrons. The Bertz CT molecular complexity index is 759. The van der Waals surface area contributed by atoms with E-state index in [9.17, 15) is 9.59 Å². The first-order valence-corrected chi connectivity index (χ1v) is 8.07. The monoisotopic (exact) mass is 358 g/mol. The van der Waals surface area contributed by atoms with Gasteiger partial charge in [0, 0.05) is 12.6 Å². The molecule has 7 nitrogen and oxygen atoms in total. The Morgan fingerprint density at radius 3 is 2.38 bits per heavy atom. The van der Waals surface area contributed by atoms with Gasteiger partial charge in [0.15, 0.2) is 0 Å². The Balaban J connectivity index is 1.75. The standard InChI is InChI=1S/C19H22N2O5/c1-13-4-9-18(24-3)17(12-13)21-19(23)26-11-10-25-16-7-5-15(6-8-16)20-14(2)22/h4-9,12H,10-11H2,1-3H3,(H,20,22)(H,21,23). The predicted molar refractivity (Wildman–Crippen MR) is 98.9 cm³/mol. The summed E-state index contributed by atoms with van der Waals surface area (Å²) >= 11 is 0. The molecule has 26 heavy (non-hydrogen) atoms. The van der Waals surface area contributed by atoms with Crippen LogP contribution in [0.5, 0.6) is 11.5 Å². The Hall–Kier alpha value is -3.22. The van der Waals surface area contributed by atoms with Gasteiger partial charge in [0.1, 0.15) is 24.7 Å². The summed E-state index contributed by atoms with van der Waals surface area (Å²) in [6.45, 7) is 3.66. The minimum absolute atomic E-state index is 0.0907. The molecule has 0 aliphatic carbocycles. The minimum atomic E-state index is -0.585. The van der Waals surface area contributed by atoms with E-state index >= 15 is 0 Å². The lowest BCUT2D eigenvalue weighted by Crippen LogP contribution is -2.18. The third-order valence-electron chi connectivity index (χ3n) is 3.35. The van der Waals surface area contributed by atoms with E-state index in [1.165, 1.54) is 14.0 Å². The maximum atomic E-state index is 11.9. The summed E-state index contributed by atoms with van der Waals surface area (Å²) in [6, 6.07) is 12.4. The summed E-state index contributed by atoms with van der Waals surface area (Å²) in [5.41, 5.74) is 2.23. The Morgan fingerprint density at radius 2 is 1.73 bits per heavy atom. The van der Waals surface area contributed by atoms with Gasteiger partial charge in [0.25, 0.3) is 0 Å². The Morgan fingerprint density at radius 1 is 1.00 bits per heavy atom. The number of carbonyl (C=O) groups is 2. The number of hydrogen-bond donors (Lipinski definition) is 2. The molecule has 0 atom stereocenters. The molecule has 0 aromatic heterocycles. The van der Waals surface area contributed by atoms with Crippen LogP contribution >= 0.6 is 0 Å². The van der Waals surface area contributed by atoms with Crippen molar-refractivity contribution in [2.45, 2.75) is 13.8 Å². The van der Waals surface area contributed by atoms with Crippen LogP contribution in [0, 0.1) is 6.92 Å². The normalized spacial score (nSPS) is 9.96. The van der Waals surface area contributed by atoms with Gasteiger partial charge in [-0.3, -0.25) is 10.1 Å². The van der Waals surface area contributed by atoms with Crippen LogP contribution in [0.2, 0.25) is 0 Å². The molecule has 2 aromatic rings. The molecule has 2 N–H and O–H groups in total. The van der Waals surface area contributed by atoms with Crippen LogP contribution in [0.1, 0.15) is 12.5 Å². The average Bonchev–Trinajstić information content (AvgIpc) is 2.60. The van der Waals surface area contributed by atoms with E-state index in [-0.39, 0.29) is 19.1 Å². The third-order valence-corrected chi connectivity index (χ3v) is 3.35. The Kier molecular flexibility index (Phi) is 6.84. The van der Waals surface area contributed by atoms with Crippen molar-refractivity contribution in [3.63, 3.8) is 0 Å². The van der Waals surface area contributed by atoms with Gasteiger partial charge in [-0.2, -0.15) is 0 Å². The van der Waals surface area contributed by atoms with Crippen LogP contribution in [0.25, 0.3) is 0 Å². The highest BCUT2D eigenvalue weighted by Crippen LogP contribution is 2.25. The summed E-state index contributed by atoms with van der Waals surface area (Å²) in [5.74, 6) is 1.04. The van der Waals surface area contributed by atoms with E-state index in [0.717, 1.165) is 5.56 Å². The van der Waals surface area contributed by atoms with Crippen molar-refractivity contribution in [3.05, 3.63) is 48.0 Å². The fourth-order valence-corrected chi connectivity index (χ4v) is 2.20. The number of ether oxygens (including phenoxy) is 3. The van der Waals surface area contributed by atoms with E-state index in [4.69, 9.17) is 14.2 Å². The number of rotatable bonds is 7. The highest BCUT2D eigenvalue weighted by molar-refractivity contribution is 5.88. The summed E-state index contributed by atoms with van der Waals surface area (Å²) in [7, 11) is 1.53. The third kappa shape index (κ3) is 6.01. The molecule has 0 aliphatic rings. The highest BCUT2D eigenvalue weighted by atomic mass is 16.6. The van der Waals surface area contributed by atoms with Gasteiger partial charge in [-0.05, 0) is 48.9 Å². The van der Waals surface area contributed by atoms with Gasteiger partial charge in [-0.1, -0.05) is 6.07 Å². The van der Waals surface area contributed by atoms with Crippen molar-refractivity contribution >= 4 is 23.4 Å². The lowest BCUT2D eigenvalue weighted by molar-refractivity contribution is -0.114. The van der Waals surface area contributed by atoms with E-state index in [0.29, 0.717) is 22.9 Å². The largest absolute Gasteiger partial charge is 0.495 e. The van der Waals surface area contributed by atoms with E-state index in [1.54, 1.807) is 36.4 Å². The molecule has 0 bridgehead atoms. The smallest absolute Gasteiger partial charge is 0.411 e. The fraction of sp³-hybridized carbons (Fsp3) is 0.263. The number of amides is 2. The van der Waals surface area contributed by atoms with Crippen molar-refractivity contribution in [1.29, 1.82) is 0 Å². The zero-order valence-electron chi connectivity index (χ0n) is 15.0. The molecular weight excluding hydrogens is 336 g/mol. The zero-order valence-corrected chi connectivity index (χ0v) is 15.0. The second-order valence-corrected chi connectivity index (χ2v) is 5.52. The topological polar surface area (TPSA) is 85.9 Å². The maximum absolute atomic E-state index is 11.9. The summed E-state index contributed by atoms with van der Waals surface area (Å²) < 4.78 is 15.8. The molecule has 0 aliphatic heterocycles. The van der Waals surface area contributed by atoms with Crippen LogP contribution in [0.3, 0.4) is 0 Å². The van der Waals surface area contributed by atoms with Crippen LogP contribution < -0.4 is 20.1 Å². The van der Waals surface area contributed by atoms with Gasteiger partial charge in [-0.25, -0.2) is 4.79 Å². The molecule has 0 saturated heterocycles. The molecule has 2 rings (SSSR count). The molecular formula is C19H22N2O5. The number of benzene rings is 2. The molecule has 0 unspecified atom stereocenters. The van der Waals surface area contributed by atoms with Gasteiger partial charge < -0.3 is 19.5 Å². The molecule has 2 aromatic carbocycles. The number of anilines is 2. The average molecular weight is 358 g/mol. The van der Waals surface area contributed by atoms with Gasteiger partial charge >= 0.3 is 6.09 Å². The predicted octanol–water partition coefficient (Wildman–Crippen LogP) is 3.59. The number of nitrogens with one attached hydrogen (secondary N) is 2. The lowest BCUT2D eigenvalue weighted by atomic mass is 10.2. The number of hydrogen-bond acceptors (Lipinski definition) is 5. The van der Waals surface area contributed by atoms with Crippen molar-refractivity contribution in [2.75, 3.05) is 31.0 Å². The molecule has 138 valence electrons. The SMILES string of the molecule is COc1ccc(C)cc1NC(=O)OCCOc1ccc(NC(C)=O)cc1. The fourth-order valence-electron chi connectivity index (χ4n) is 2.20. The second kappa shape index (κ2) is 9.31. The first kappa shape index (κ1) is 19.1. The highest BCUT2D eigenvalue weighted by Gasteiger charge is 2.08. The molecule has 0 fully saturated rings. The van der Waals surface area contributed by atoms with Crippen LogP contribution in [-0.2, 0) is 9.53 Å². The molecule has 7 heteroatoms. The van der Waals surface area contributed by atoms with Gasteiger partial charge in [0.05, 0.1) is 12.8 Å². The van der Waals surface area contributed by atoms with Crippen molar-refractivity contribution in [3.8, 4) is 11.5 Å². The molecule has 0 spiro atoms. The van der Waals surface area contributed by atoms with Gasteiger partial charge in [-0.15, -0.1) is 0 Å². The minimum Gasteiger partial charge on any atom is -0.495 e. The van der Waals surface area contributed by atoms with Crippen LogP contribution in [0.15, 0.2) is 42.5 Å². The second-order valence-electron chi connectivity index (χ2n) is 5.52. The summed E-state index contributed by atoms with van der Waals surface area (Å²) in [6.07, 6.45) is -0.585. The van der Waals surface area contributed by atoms with Crippen LogP contribution in [0.4, 0.5) is 16.2 Å².